The van der Waals surface area contributed by atoms with Crippen LogP contribution in [0.3, 0.4) is 0 Å². The number of aliphatic hydroxyl groups excluding tert-OH is 1. The Morgan fingerprint density at radius 3 is 2.14 bits per heavy atom. The van der Waals surface area contributed by atoms with Gasteiger partial charge in [-0.1, -0.05) is 29.8 Å². The summed E-state index contributed by atoms with van der Waals surface area (Å²) in [5.74, 6) is -0.431. The molecule has 1 amide bonds. The summed E-state index contributed by atoms with van der Waals surface area (Å²) in [4.78, 5) is 30.3. The van der Waals surface area contributed by atoms with Crippen LogP contribution in [0.25, 0.3) is 5.76 Å². The molecule has 2 aliphatic heterocycles. The van der Waals surface area contributed by atoms with Crippen LogP contribution in [0, 0.1) is 6.92 Å². The topological polar surface area (TPSA) is 97.8 Å². The second kappa shape index (κ2) is 11.0. The number of aryl methyl sites for hydroxylation is 1. The molecule has 0 aromatic heterocycles. The van der Waals surface area contributed by atoms with E-state index in [0.717, 1.165) is 18.7 Å². The Labute approximate surface area is 210 Å². The number of hydrogen-bond donors (Lipinski definition) is 1. The fraction of sp³-hybridized carbons (Fsp3) is 0.407. The molecular formula is C27H32N2O7. The molecule has 2 aromatic rings. The Morgan fingerprint density at radius 2 is 1.58 bits per heavy atom. The van der Waals surface area contributed by atoms with Crippen LogP contribution in [0.2, 0.25) is 0 Å². The highest BCUT2D eigenvalue weighted by atomic mass is 16.5. The average molecular weight is 497 g/mol. The highest BCUT2D eigenvalue weighted by Crippen LogP contribution is 2.45. The quantitative estimate of drug-likeness (QED) is 0.339. The predicted molar refractivity (Wildman–Crippen MR) is 134 cm³/mol. The van der Waals surface area contributed by atoms with Gasteiger partial charge in [0.15, 0.2) is 11.5 Å². The largest absolute Gasteiger partial charge is 0.507 e. The van der Waals surface area contributed by atoms with E-state index in [9.17, 15) is 14.7 Å². The number of carbonyl (C=O) groups is 2. The van der Waals surface area contributed by atoms with Crippen molar-refractivity contribution in [2.24, 2.45) is 0 Å². The second-order valence-electron chi connectivity index (χ2n) is 8.77. The SMILES string of the molecule is COc1cc([C@@H]2C(=C(O)c3ccc(C)cc3)C(=O)C(=O)N2CCN2CCOCC2)cc(OC)c1OC. The fourth-order valence-electron chi connectivity index (χ4n) is 4.66. The van der Waals surface area contributed by atoms with Crippen molar-refractivity contribution >= 4 is 17.4 Å². The van der Waals surface area contributed by atoms with Gasteiger partial charge in [-0.2, -0.15) is 0 Å². The number of morpholine rings is 1. The number of ketones is 1. The first-order valence-electron chi connectivity index (χ1n) is 11.8. The lowest BCUT2D eigenvalue weighted by Gasteiger charge is -2.31. The molecule has 0 radical (unpaired) electrons. The Kier molecular flexibility index (Phi) is 7.81. The Bertz CT molecular complexity index is 1130. The highest BCUT2D eigenvalue weighted by Gasteiger charge is 2.46. The van der Waals surface area contributed by atoms with Gasteiger partial charge < -0.3 is 29.0 Å². The maximum absolute atomic E-state index is 13.3. The molecule has 2 heterocycles. The minimum atomic E-state index is -0.832. The highest BCUT2D eigenvalue weighted by molar-refractivity contribution is 6.46. The monoisotopic (exact) mass is 496 g/mol. The van der Waals surface area contributed by atoms with Crippen molar-refractivity contribution in [3.05, 3.63) is 58.7 Å². The lowest BCUT2D eigenvalue weighted by molar-refractivity contribution is -0.140. The zero-order valence-electron chi connectivity index (χ0n) is 21.1. The van der Waals surface area contributed by atoms with Gasteiger partial charge in [0, 0.05) is 31.7 Å². The first kappa shape index (κ1) is 25.5. The van der Waals surface area contributed by atoms with Crippen molar-refractivity contribution in [3.8, 4) is 17.2 Å². The summed E-state index contributed by atoms with van der Waals surface area (Å²) in [6, 6.07) is 9.75. The summed E-state index contributed by atoms with van der Waals surface area (Å²) in [5, 5.41) is 11.3. The van der Waals surface area contributed by atoms with Crippen molar-refractivity contribution in [1.29, 1.82) is 0 Å². The van der Waals surface area contributed by atoms with Crippen LogP contribution in [0.1, 0.15) is 22.7 Å². The van der Waals surface area contributed by atoms with E-state index < -0.39 is 17.7 Å². The third kappa shape index (κ3) is 4.89. The molecule has 2 fully saturated rings. The number of aliphatic hydroxyl groups is 1. The first-order valence-corrected chi connectivity index (χ1v) is 11.8. The molecule has 2 aromatic carbocycles. The summed E-state index contributed by atoms with van der Waals surface area (Å²) in [7, 11) is 4.51. The molecule has 0 bridgehead atoms. The van der Waals surface area contributed by atoms with Crippen molar-refractivity contribution in [1.82, 2.24) is 9.80 Å². The third-order valence-electron chi connectivity index (χ3n) is 6.63. The predicted octanol–water partition coefficient (Wildman–Crippen LogP) is 2.77. The number of rotatable bonds is 8. The summed E-state index contributed by atoms with van der Waals surface area (Å²) >= 11 is 0. The molecule has 1 atom stereocenters. The lowest BCUT2D eigenvalue weighted by atomic mass is 9.94. The maximum atomic E-state index is 13.3. The summed E-state index contributed by atoms with van der Waals surface area (Å²) in [6.45, 7) is 5.57. The number of nitrogens with zero attached hydrogens (tertiary/aromatic N) is 2. The van der Waals surface area contributed by atoms with Gasteiger partial charge in [0.05, 0.1) is 46.2 Å². The van der Waals surface area contributed by atoms with Gasteiger partial charge in [-0.3, -0.25) is 14.5 Å². The number of hydrogen-bond acceptors (Lipinski definition) is 8. The van der Waals surface area contributed by atoms with E-state index >= 15 is 0 Å². The molecule has 2 saturated heterocycles. The number of ether oxygens (including phenoxy) is 4. The van der Waals surface area contributed by atoms with Gasteiger partial charge in [-0.25, -0.2) is 0 Å². The van der Waals surface area contributed by atoms with E-state index in [-0.39, 0.29) is 11.3 Å². The number of methoxy groups -OCH3 is 3. The summed E-state index contributed by atoms with van der Waals surface area (Å²) in [6.07, 6.45) is 0. The van der Waals surface area contributed by atoms with E-state index in [1.54, 1.807) is 24.3 Å². The molecular weight excluding hydrogens is 464 g/mol. The van der Waals surface area contributed by atoms with Gasteiger partial charge >= 0.3 is 0 Å². The lowest BCUT2D eigenvalue weighted by Crippen LogP contribution is -2.42. The van der Waals surface area contributed by atoms with Gasteiger partial charge in [-0.05, 0) is 24.6 Å². The summed E-state index contributed by atoms with van der Waals surface area (Å²) in [5.41, 5.74) is 2.07. The first-order chi connectivity index (χ1) is 17.4. The van der Waals surface area contributed by atoms with Gasteiger partial charge in [0.25, 0.3) is 11.7 Å². The van der Waals surface area contributed by atoms with Crippen molar-refractivity contribution in [3.63, 3.8) is 0 Å². The van der Waals surface area contributed by atoms with Crippen LogP contribution in [-0.2, 0) is 14.3 Å². The van der Waals surface area contributed by atoms with Crippen molar-refractivity contribution in [2.45, 2.75) is 13.0 Å². The molecule has 0 saturated carbocycles. The zero-order chi connectivity index (χ0) is 25.8. The molecule has 36 heavy (non-hydrogen) atoms. The number of Topliss-reactive ketones (excluding diaryl/α,β-unsaturated/α-hetero) is 1. The van der Waals surface area contributed by atoms with Crippen LogP contribution in [0.4, 0.5) is 0 Å². The Morgan fingerprint density at radius 1 is 0.972 bits per heavy atom. The van der Waals surface area contributed by atoms with E-state index in [0.29, 0.717) is 54.7 Å². The van der Waals surface area contributed by atoms with Crippen LogP contribution < -0.4 is 14.2 Å². The molecule has 1 N–H and O–H groups in total. The van der Waals surface area contributed by atoms with Crippen LogP contribution in [0.15, 0.2) is 42.0 Å². The second-order valence-corrected chi connectivity index (χ2v) is 8.77. The number of likely N-dealkylation sites (tertiary alicyclic amines) is 1. The van der Waals surface area contributed by atoms with Crippen LogP contribution in [-0.4, -0.2) is 87.3 Å². The van der Waals surface area contributed by atoms with Gasteiger partial charge in [-0.15, -0.1) is 0 Å². The van der Waals surface area contributed by atoms with Gasteiger partial charge in [0.2, 0.25) is 5.75 Å². The van der Waals surface area contributed by atoms with Gasteiger partial charge in [0.1, 0.15) is 5.76 Å². The molecule has 9 heteroatoms. The van der Waals surface area contributed by atoms with E-state index in [4.69, 9.17) is 18.9 Å². The minimum Gasteiger partial charge on any atom is -0.507 e. The van der Waals surface area contributed by atoms with Crippen molar-refractivity contribution in [2.75, 3.05) is 60.7 Å². The van der Waals surface area contributed by atoms with E-state index in [1.807, 2.05) is 19.1 Å². The van der Waals surface area contributed by atoms with E-state index in [1.165, 1.54) is 26.2 Å². The molecule has 192 valence electrons. The molecule has 0 spiro atoms. The Hall–Kier alpha value is -3.56. The Balaban J connectivity index is 1.83. The molecule has 4 rings (SSSR count). The number of amides is 1. The van der Waals surface area contributed by atoms with Crippen LogP contribution in [0.5, 0.6) is 17.2 Å². The number of benzene rings is 2. The van der Waals surface area contributed by atoms with Crippen molar-refractivity contribution < 1.29 is 33.6 Å². The smallest absolute Gasteiger partial charge is 0.295 e. The standard InChI is InChI=1S/C27H32N2O7/c1-17-5-7-18(8-6-17)24(30)22-23(19-15-20(33-2)26(35-4)21(16-19)34-3)29(27(32)25(22)31)10-9-28-11-13-36-14-12-28/h5-8,15-16,23,30H,9-14H2,1-4H3/t23-/m1/s1. The summed E-state index contributed by atoms with van der Waals surface area (Å²) < 4.78 is 21.9. The molecule has 0 aliphatic carbocycles. The zero-order valence-corrected chi connectivity index (χ0v) is 21.1. The average Bonchev–Trinajstić information content (AvgIpc) is 3.16. The molecule has 0 unspecified atom stereocenters. The fourth-order valence-corrected chi connectivity index (χ4v) is 4.66. The van der Waals surface area contributed by atoms with E-state index in [2.05, 4.69) is 4.90 Å². The number of carbonyl (C=O) groups excluding carboxylic acids is 2. The molecule has 2 aliphatic rings. The maximum Gasteiger partial charge on any atom is 0.295 e. The molecule has 9 nitrogen and oxygen atoms in total. The minimum absolute atomic E-state index is 0.0279. The normalized spacial score (nSPS) is 20.0. The van der Waals surface area contributed by atoms with Crippen LogP contribution >= 0.6 is 0 Å². The third-order valence-corrected chi connectivity index (χ3v) is 6.63.